The maximum atomic E-state index is 4.93. The van der Waals surface area contributed by atoms with Crippen molar-refractivity contribution in [2.75, 3.05) is 0 Å². The summed E-state index contributed by atoms with van der Waals surface area (Å²) in [6.07, 6.45) is 2.00. The molecule has 182 valence electrons. The average Bonchev–Trinajstić information content (AvgIpc) is 3.43. The summed E-state index contributed by atoms with van der Waals surface area (Å²) < 4.78 is 0. The van der Waals surface area contributed by atoms with Crippen molar-refractivity contribution >= 4 is 32.3 Å². The van der Waals surface area contributed by atoms with Crippen molar-refractivity contribution in [3.05, 3.63) is 127 Å². The highest BCUT2D eigenvalue weighted by Crippen LogP contribution is 2.54. The number of aromatic nitrogens is 1. The normalized spacial score (nSPS) is 14.1. The molecule has 0 aliphatic heterocycles. The van der Waals surface area contributed by atoms with E-state index in [1.54, 1.807) is 0 Å². The zero-order valence-electron chi connectivity index (χ0n) is 21.9. The van der Waals surface area contributed by atoms with Crippen LogP contribution >= 0.6 is 0 Å². The SMILES string of the molecule is CC1(C)c2ccccc2-c2nccc(-c3cc4c5cccc6c5c(cc4c4ccccc34)-c3ccccc3-6)c21. The van der Waals surface area contributed by atoms with E-state index in [1.807, 2.05) is 6.20 Å². The van der Waals surface area contributed by atoms with Gasteiger partial charge < -0.3 is 0 Å². The highest BCUT2D eigenvalue weighted by Gasteiger charge is 2.38. The highest BCUT2D eigenvalue weighted by atomic mass is 14.7. The molecule has 1 nitrogen and oxygen atoms in total. The average molecular weight is 496 g/mol. The van der Waals surface area contributed by atoms with Gasteiger partial charge >= 0.3 is 0 Å². The molecule has 1 heteroatoms. The fourth-order valence-electron chi connectivity index (χ4n) is 7.56. The van der Waals surface area contributed by atoms with Crippen LogP contribution in [0.5, 0.6) is 0 Å². The molecule has 0 saturated heterocycles. The van der Waals surface area contributed by atoms with E-state index >= 15 is 0 Å². The van der Waals surface area contributed by atoms with E-state index in [4.69, 9.17) is 4.98 Å². The van der Waals surface area contributed by atoms with Crippen LogP contribution in [0.25, 0.3) is 77.0 Å². The summed E-state index contributed by atoms with van der Waals surface area (Å²) in [5.41, 5.74) is 12.9. The smallest absolute Gasteiger partial charge is 0.0752 e. The van der Waals surface area contributed by atoms with Gasteiger partial charge in [0.25, 0.3) is 0 Å². The molecule has 0 fully saturated rings. The van der Waals surface area contributed by atoms with Crippen LogP contribution in [0.1, 0.15) is 25.0 Å². The van der Waals surface area contributed by atoms with Crippen LogP contribution in [0.15, 0.2) is 115 Å². The summed E-state index contributed by atoms with van der Waals surface area (Å²) in [6, 6.07) is 40.5. The summed E-state index contributed by atoms with van der Waals surface area (Å²) in [6.45, 7) is 4.69. The summed E-state index contributed by atoms with van der Waals surface area (Å²) in [5.74, 6) is 0. The fraction of sp³-hybridized carbons (Fsp3) is 0.0789. The summed E-state index contributed by atoms with van der Waals surface area (Å²) >= 11 is 0. The lowest BCUT2D eigenvalue weighted by atomic mass is 9.78. The minimum absolute atomic E-state index is 0.130. The van der Waals surface area contributed by atoms with E-state index in [1.165, 1.54) is 82.4 Å². The lowest BCUT2D eigenvalue weighted by Gasteiger charge is -2.25. The van der Waals surface area contributed by atoms with Crippen LogP contribution in [-0.2, 0) is 5.41 Å². The van der Waals surface area contributed by atoms with Crippen LogP contribution in [0.4, 0.5) is 0 Å². The van der Waals surface area contributed by atoms with Crippen molar-refractivity contribution in [2.45, 2.75) is 19.3 Å². The number of hydrogen-bond donors (Lipinski definition) is 0. The maximum absolute atomic E-state index is 4.93. The molecule has 6 aromatic carbocycles. The molecule has 2 aliphatic rings. The maximum Gasteiger partial charge on any atom is 0.0752 e. The summed E-state index contributed by atoms with van der Waals surface area (Å²) in [7, 11) is 0. The Morgan fingerprint density at radius 1 is 0.462 bits per heavy atom. The molecule has 0 unspecified atom stereocenters. The van der Waals surface area contributed by atoms with Gasteiger partial charge in [0.05, 0.1) is 5.69 Å². The van der Waals surface area contributed by atoms with Crippen molar-refractivity contribution in [2.24, 2.45) is 0 Å². The Labute approximate surface area is 227 Å². The second-order valence-corrected chi connectivity index (χ2v) is 11.5. The molecule has 1 aromatic heterocycles. The Morgan fingerprint density at radius 2 is 1.08 bits per heavy atom. The van der Waals surface area contributed by atoms with Gasteiger partial charge in [0, 0.05) is 17.2 Å². The van der Waals surface area contributed by atoms with E-state index < -0.39 is 0 Å². The molecule has 0 bridgehead atoms. The summed E-state index contributed by atoms with van der Waals surface area (Å²) in [5, 5.41) is 7.93. The van der Waals surface area contributed by atoms with Crippen LogP contribution in [0.2, 0.25) is 0 Å². The third-order valence-corrected chi connectivity index (χ3v) is 9.23. The predicted molar refractivity (Wildman–Crippen MR) is 164 cm³/mol. The first-order valence-corrected chi connectivity index (χ1v) is 13.7. The molecule has 0 N–H and O–H groups in total. The Kier molecular flexibility index (Phi) is 3.92. The van der Waals surface area contributed by atoms with E-state index in [0.717, 1.165) is 5.69 Å². The van der Waals surface area contributed by atoms with Crippen LogP contribution in [0.3, 0.4) is 0 Å². The minimum Gasteiger partial charge on any atom is -0.256 e. The summed E-state index contributed by atoms with van der Waals surface area (Å²) in [4.78, 5) is 4.93. The first kappa shape index (κ1) is 21.2. The third-order valence-electron chi connectivity index (χ3n) is 9.23. The Hall–Kier alpha value is -4.75. The van der Waals surface area contributed by atoms with Crippen molar-refractivity contribution in [1.29, 1.82) is 0 Å². The minimum atomic E-state index is -0.130. The molecule has 0 radical (unpaired) electrons. The zero-order valence-corrected chi connectivity index (χ0v) is 21.9. The molecule has 1 heterocycles. The Balaban J connectivity index is 1.44. The second kappa shape index (κ2) is 7.21. The van der Waals surface area contributed by atoms with Crippen molar-refractivity contribution in [3.8, 4) is 44.6 Å². The van der Waals surface area contributed by atoms with Gasteiger partial charge in [-0.1, -0.05) is 105 Å². The first-order chi connectivity index (χ1) is 19.1. The van der Waals surface area contributed by atoms with Gasteiger partial charge in [-0.3, -0.25) is 4.98 Å². The molecule has 0 saturated carbocycles. The van der Waals surface area contributed by atoms with Gasteiger partial charge in [0.15, 0.2) is 0 Å². The van der Waals surface area contributed by atoms with Crippen molar-refractivity contribution in [3.63, 3.8) is 0 Å². The van der Waals surface area contributed by atoms with E-state index in [2.05, 4.69) is 123 Å². The van der Waals surface area contributed by atoms with E-state index in [0.29, 0.717) is 0 Å². The molecule has 0 spiro atoms. The van der Waals surface area contributed by atoms with E-state index in [9.17, 15) is 0 Å². The largest absolute Gasteiger partial charge is 0.256 e. The van der Waals surface area contributed by atoms with Gasteiger partial charge in [-0.25, -0.2) is 0 Å². The van der Waals surface area contributed by atoms with E-state index in [-0.39, 0.29) is 5.41 Å². The van der Waals surface area contributed by atoms with Gasteiger partial charge in [-0.15, -0.1) is 0 Å². The Morgan fingerprint density at radius 3 is 1.92 bits per heavy atom. The lowest BCUT2D eigenvalue weighted by molar-refractivity contribution is 0.661. The monoisotopic (exact) mass is 495 g/mol. The molecule has 0 atom stereocenters. The number of benzene rings is 6. The molecule has 9 rings (SSSR count). The van der Waals surface area contributed by atoms with Gasteiger partial charge in [-0.05, 0) is 95.0 Å². The number of pyridine rings is 1. The third kappa shape index (κ3) is 2.58. The molecule has 39 heavy (non-hydrogen) atoms. The zero-order chi connectivity index (χ0) is 25.9. The van der Waals surface area contributed by atoms with Crippen LogP contribution < -0.4 is 0 Å². The van der Waals surface area contributed by atoms with Gasteiger partial charge in [-0.2, -0.15) is 0 Å². The molecular weight excluding hydrogens is 470 g/mol. The molecule has 2 aliphatic carbocycles. The first-order valence-electron chi connectivity index (χ1n) is 13.7. The number of nitrogens with zero attached hydrogens (tertiary/aromatic N) is 1. The Bertz CT molecular complexity index is 2200. The lowest BCUT2D eigenvalue weighted by Crippen LogP contribution is -2.16. The van der Waals surface area contributed by atoms with Crippen LogP contribution in [-0.4, -0.2) is 4.98 Å². The molecule has 0 amide bonds. The fourth-order valence-corrected chi connectivity index (χ4v) is 7.56. The van der Waals surface area contributed by atoms with Crippen molar-refractivity contribution < 1.29 is 0 Å². The van der Waals surface area contributed by atoms with Crippen molar-refractivity contribution in [1.82, 2.24) is 4.98 Å². The second-order valence-electron chi connectivity index (χ2n) is 11.5. The predicted octanol–water partition coefficient (Wildman–Crippen LogP) is 10.2. The number of hydrogen-bond acceptors (Lipinski definition) is 1. The van der Waals surface area contributed by atoms with Crippen LogP contribution in [0, 0.1) is 0 Å². The number of fused-ring (bicyclic) bond motifs is 10. The topological polar surface area (TPSA) is 12.9 Å². The van der Waals surface area contributed by atoms with Gasteiger partial charge in [0.1, 0.15) is 0 Å². The molecular formula is C38H25N. The quantitative estimate of drug-likeness (QED) is 0.206. The number of rotatable bonds is 1. The molecule has 7 aromatic rings. The highest BCUT2D eigenvalue weighted by molar-refractivity contribution is 6.28. The van der Waals surface area contributed by atoms with Gasteiger partial charge in [0.2, 0.25) is 0 Å². The standard InChI is InChI=1S/C38H25N/c1-38(2)34-17-8-7-14-29(34)37-36(38)28(18-19-39-37)30-20-32-27-16-9-15-26-22-10-3-6-13-25(22)33(35(26)27)21-31(32)24-12-5-4-11-23(24)30/h3-21H,1-2H3.